The lowest BCUT2D eigenvalue weighted by molar-refractivity contribution is -0.270. The number of hydrogen-bond donors (Lipinski definition) is 1. The molecule has 11 nitrogen and oxygen atoms in total. The first-order chi connectivity index (χ1) is 12.5. The van der Waals surface area contributed by atoms with Gasteiger partial charge in [-0.2, -0.15) is 0 Å². The van der Waals surface area contributed by atoms with Crippen LogP contribution in [0.3, 0.4) is 0 Å². The smallest absolute Gasteiger partial charge is 0.305 e. The van der Waals surface area contributed by atoms with Gasteiger partial charge >= 0.3 is 23.9 Å². The van der Waals surface area contributed by atoms with Crippen LogP contribution in [-0.2, 0) is 47.7 Å². The second-order valence-electron chi connectivity index (χ2n) is 5.83. The zero-order chi connectivity index (χ0) is 20.7. The monoisotopic (exact) mass is 389 g/mol. The van der Waals surface area contributed by atoms with E-state index in [1.165, 1.54) is 6.92 Å². The maximum absolute atomic E-state index is 11.6. The lowest BCUT2D eigenvalue weighted by Crippen LogP contribution is -2.66. The summed E-state index contributed by atoms with van der Waals surface area (Å²) in [6, 6.07) is -1.16. The maximum atomic E-state index is 11.6. The van der Waals surface area contributed by atoms with Crippen molar-refractivity contribution in [2.75, 3.05) is 6.61 Å². The fraction of sp³-hybridized carbons (Fsp3) is 0.688. The van der Waals surface area contributed by atoms with Crippen molar-refractivity contribution < 1.29 is 47.7 Å². The molecular formula is C16H23NO10. The van der Waals surface area contributed by atoms with E-state index in [-0.39, 0.29) is 6.61 Å². The van der Waals surface area contributed by atoms with E-state index in [2.05, 4.69) is 5.32 Å². The Kier molecular flexibility index (Phi) is 8.16. The van der Waals surface area contributed by atoms with Gasteiger partial charge in [-0.05, 0) is 0 Å². The molecule has 0 aliphatic carbocycles. The highest BCUT2D eigenvalue weighted by molar-refractivity contribution is 5.74. The summed E-state index contributed by atoms with van der Waals surface area (Å²) in [6.07, 6.45) is -4.97. The van der Waals surface area contributed by atoms with Crippen LogP contribution in [0.4, 0.5) is 0 Å². The van der Waals surface area contributed by atoms with Crippen LogP contribution in [0.15, 0.2) is 0 Å². The zero-order valence-corrected chi connectivity index (χ0v) is 15.7. The Labute approximate surface area is 155 Å². The summed E-state index contributed by atoms with van der Waals surface area (Å²) in [4.78, 5) is 57.2. The summed E-state index contributed by atoms with van der Waals surface area (Å²) in [7, 11) is 0. The molecule has 11 heteroatoms. The Hall–Kier alpha value is -2.69. The van der Waals surface area contributed by atoms with Crippen molar-refractivity contribution in [2.45, 2.75) is 65.3 Å². The standard InChI is InChI=1S/C16H23NO10/c1-7(18)17-13-15(25-10(4)21)14(24-9(3)20)12(6-23-8(2)19)27-16(13)26-11(5)22/h12-16H,6H2,1-5H3,(H,17,18). The molecule has 1 N–H and O–H groups in total. The molecule has 5 atom stereocenters. The van der Waals surface area contributed by atoms with Crippen molar-refractivity contribution in [3.8, 4) is 0 Å². The molecule has 0 radical (unpaired) electrons. The van der Waals surface area contributed by atoms with Gasteiger partial charge in [0.05, 0.1) is 0 Å². The van der Waals surface area contributed by atoms with E-state index in [9.17, 15) is 24.0 Å². The maximum Gasteiger partial charge on any atom is 0.305 e. The van der Waals surface area contributed by atoms with Crippen molar-refractivity contribution in [1.29, 1.82) is 0 Å². The van der Waals surface area contributed by atoms with Crippen LogP contribution in [-0.4, -0.2) is 67.0 Å². The Morgan fingerprint density at radius 2 is 1.30 bits per heavy atom. The van der Waals surface area contributed by atoms with Gasteiger partial charge in [0.15, 0.2) is 12.2 Å². The summed E-state index contributed by atoms with van der Waals surface area (Å²) in [6.45, 7) is 5.36. The van der Waals surface area contributed by atoms with E-state index in [4.69, 9.17) is 23.7 Å². The van der Waals surface area contributed by atoms with Gasteiger partial charge in [-0.25, -0.2) is 0 Å². The van der Waals surface area contributed by atoms with Gasteiger partial charge in [-0.3, -0.25) is 24.0 Å². The van der Waals surface area contributed by atoms with Gasteiger partial charge in [-0.1, -0.05) is 0 Å². The molecule has 5 unspecified atom stereocenters. The molecule has 1 heterocycles. The van der Waals surface area contributed by atoms with Crippen LogP contribution in [0.2, 0.25) is 0 Å². The topological polar surface area (TPSA) is 144 Å². The number of carbonyl (C=O) groups is 5. The summed E-state index contributed by atoms with van der Waals surface area (Å²) in [5.74, 6) is -3.34. The molecule has 1 fully saturated rings. The molecule has 27 heavy (non-hydrogen) atoms. The highest BCUT2D eigenvalue weighted by Crippen LogP contribution is 2.28. The molecule has 152 valence electrons. The lowest BCUT2D eigenvalue weighted by Gasteiger charge is -2.44. The number of rotatable bonds is 6. The predicted octanol–water partition coefficient (Wildman–Crippen LogP) is -0.794. The minimum atomic E-state index is -1.37. The Bertz CT molecular complexity index is 604. The molecule has 0 aromatic heterocycles. The first-order valence-corrected chi connectivity index (χ1v) is 8.08. The van der Waals surface area contributed by atoms with Gasteiger partial charge in [-0.15, -0.1) is 0 Å². The van der Waals surface area contributed by atoms with Gasteiger partial charge in [0, 0.05) is 34.6 Å². The summed E-state index contributed by atoms with van der Waals surface area (Å²) in [5.41, 5.74) is 0. The Morgan fingerprint density at radius 1 is 0.778 bits per heavy atom. The van der Waals surface area contributed by atoms with Gasteiger partial charge < -0.3 is 29.0 Å². The molecule has 1 rings (SSSR count). The van der Waals surface area contributed by atoms with Crippen LogP contribution in [0.5, 0.6) is 0 Å². The third-order valence-corrected chi connectivity index (χ3v) is 3.35. The molecule has 1 amide bonds. The molecule has 1 aliphatic heterocycles. The third-order valence-electron chi connectivity index (χ3n) is 3.35. The highest BCUT2D eigenvalue weighted by atomic mass is 16.7. The fourth-order valence-electron chi connectivity index (χ4n) is 2.55. The normalized spacial score (nSPS) is 27.1. The van der Waals surface area contributed by atoms with E-state index in [1.807, 2.05) is 0 Å². The van der Waals surface area contributed by atoms with E-state index >= 15 is 0 Å². The van der Waals surface area contributed by atoms with E-state index in [0.29, 0.717) is 0 Å². The van der Waals surface area contributed by atoms with Crippen molar-refractivity contribution in [1.82, 2.24) is 5.32 Å². The second kappa shape index (κ2) is 9.86. The SMILES string of the molecule is CC(=O)NC1C(OC(C)=O)OC(COC(C)=O)C(OC(C)=O)C1OC(C)=O. The van der Waals surface area contributed by atoms with Crippen molar-refractivity contribution >= 4 is 29.8 Å². The summed E-state index contributed by atoms with van der Waals surface area (Å²) < 4.78 is 25.9. The average molecular weight is 389 g/mol. The highest BCUT2D eigenvalue weighted by Gasteiger charge is 2.52. The lowest BCUT2D eigenvalue weighted by atomic mass is 9.96. The number of nitrogens with one attached hydrogen (secondary N) is 1. The second-order valence-corrected chi connectivity index (χ2v) is 5.83. The Balaban J connectivity index is 3.29. The minimum Gasteiger partial charge on any atom is -0.463 e. The van der Waals surface area contributed by atoms with E-state index in [1.54, 1.807) is 0 Å². The van der Waals surface area contributed by atoms with Crippen molar-refractivity contribution in [2.24, 2.45) is 0 Å². The molecule has 0 bridgehead atoms. The molecule has 1 saturated heterocycles. The molecule has 0 saturated carbocycles. The van der Waals surface area contributed by atoms with Gasteiger partial charge in [0.2, 0.25) is 12.2 Å². The number of amides is 1. The average Bonchev–Trinajstić information content (AvgIpc) is 2.49. The number of carbonyl (C=O) groups excluding carboxylic acids is 5. The van der Waals surface area contributed by atoms with Gasteiger partial charge in [0.1, 0.15) is 18.8 Å². The number of esters is 4. The molecule has 0 aromatic carbocycles. The summed E-state index contributed by atoms with van der Waals surface area (Å²) >= 11 is 0. The largest absolute Gasteiger partial charge is 0.463 e. The van der Waals surface area contributed by atoms with E-state index < -0.39 is 60.4 Å². The van der Waals surface area contributed by atoms with Crippen LogP contribution in [0.25, 0.3) is 0 Å². The molecule has 1 aliphatic rings. The number of ether oxygens (including phenoxy) is 5. The van der Waals surface area contributed by atoms with Crippen molar-refractivity contribution in [3.63, 3.8) is 0 Å². The minimum absolute atomic E-state index is 0.365. The molecular weight excluding hydrogens is 366 g/mol. The first kappa shape index (κ1) is 22.4. The number of hydrogen-bond acceptors (Lipinski definition) is 10. The van der Waals surface area contributed by atoms with Crippen LogP contribution in [0, 0.1) is 0 Å². The quantitative estimate of drug-likeness (QED) is 0.453. The fourth-order valence-corrected chi connectivity index (χ4v) is 2.55. The Morgan fingerprint density at radius 3 is 1.74 bits per heavy atom. The van der Waals surface area contributed by atoms with Crippen LogP contribution < -0.4 is 5.32 Å². The molecule has 0 spiro atoms. The predicted molar refractivity (Wildman–Crippen MR) is 85.8 cm³/mol. The zero-order valence-electron chi connectivity index (χ0n) is 15.7. The van der Waals surface area contributed by atoms with Crippen LogP contribution >= 0.6 is 0 Å². The molecule has 0 aromatic rings. The third kappa shape index (κ3) is 7.21. The van der Waals surface area contributed by atoms with Gasteiger partial charge in [0.25, 0.3) is 0 Å². The first-order valence-electron chi connectivity index (χ1n) is 8.08. The van der Waals surface area contributed by atoms with Crippen LogP contribution in [0.1, 0.15) is 34.6 Å². The van der Waals surface area contributed by atoms with E-state index in [0.717, 1.165) is 27.7 Å². The van der Waals surface area contributed by atoms with Crippen molar-refractivity contribution in [3.05, 3.63) is 0 Å². The summed E-state index contributed by atoms with van der Waals surface area (Å²) in [5, 5.41) is 2.46.